The monoisotopic (exact) mass is 312 g/mol. The maximum atomic E-state index is 12.0. The van der Waals surface area contributed by atoms with Crippen LogP contribution in [0.2, 0.25) is 5.02 Å². The lowest BCUT2D eigenvalue weighted by Gasteiger charge is -2.25. The zero-order valence-electron chi connectivity index (χ0n) is 12.5. The summed E-state index contributed by atoms with van der Waals surface area (Å²) < 4.78 is 0. The van der Waals surface area contributed by atoms with Crippen LogP contribution in [0.15, 0.2) is 24.3 Å². The Hall–Kier alpha value is -1.75. The largest absolute Gasteiger partial charge is 0.481 e. The van der Waals surface area contributed by atoms with E-state index >= 15 is 0 Å². The van der Waals surface area contributed by atoms with Crippen molar-refractivity contribution in [3.63, 3.8) is 0 Å². The molecule has 0 saturated heterocycles. The summed E-state index contributed by atoms with van der Waals surface area (Å²) >= 11 is 6.05. The van der Waals surface area contributed by atoms with Crippen LogP contribution in [-0.2, 0) is 11.3 Å². The third-order valence-electron chi connectivity index (χ3n) is 3.64. The van der Waals surface area contributed by atoms with E-state index in [9.17, 15) is 14.7 Å². The first-order valence-electron chi connectivity index (χ1n) is 6.76. The molecule has 0 radical (unpaired) electrons. The minimum absolute atomic E-state index is 0.0878. The number of aliphatic carboxylic acids is 1. The Balaban J connectivity index is 2.60. The standard InChI is InChI=1S/C15H21ClN2O3/c1-4-15(2,13(19)20)10-17-14(21)18(3)9-11-7-5-6-8-12(11)16/h5-8H,4,9-10H2,1-3H3,(H,17,21)(H,19,20). The Morgan fingerprint density at radius 2 is 2.00 bits per heavy atom. The fraction of sp³-hybridized carbons (Fsp3) is 0.467. The molecule has 1 aromatic rings. The number of carbonyl (C=O) groups excluding carboxylic acids is 1. The van der Waals surface area contributed by atoms with Crippen LogP contribution < -0.4 is 5.32 Å². The second-order valence-electron chi connectivity index (χ2n) is 5.33. The van der Waals surface area contributed by atoms with Gasteiger partial charge in [0.05, 0.1) is 5.41 Å². The first-order valence-corrected chi connectivity index (χ1v) is 7.13. The zero-order valence-corrected chi connectivity index (χ0v) is 13.3. The molecule has 0 fully saturated rings. The predicted molar refractivity (Wildman–Crippen MR) is 82.4 cm³/mol. The molecular formula is C15H21ClN2O3. The van der Waals surface area contributed by atoms with E-state index in [1.165, 1.54) is 4.90 Å². The molecule has 1 atom stereocenters. The van der Waals surface area contributed by atoms with Gasteiger partial charge in [-0.3, -0.25) is 4.79 Å². The summed E-state index contributed by atoms with van der Waals surface area (Å²) in [5.74, 6) is -0.918. The molecular weight excluding hydrogens is 292 g/mol. The van der Waals surface area contributed by atoms with Crippen LogP contribution in [0.4, 0.5) is 4.79 Å². The van der Waals surface area contributed by atoms with Crippen molar-refractivity contribution >= 4 is 23.6 Å². The number of carboxylic acid groups (broad SMARTS) is 1. The fourth-order valence-electron chi connectivity index (χ4n) is 1.71. The average molecular weight is 313 g/mol. The molecule has 2 N–H and O–H groups in total. The highest BCUT2D eigenvalue weighted by atomic mass is 35.5. The molecule has 0 saturated carbocycles. The molecule has 0 aliphatic heterocycles. The number of nitrogens with zero attached hydrogens (tertiary/aromatic N) is 1. The lowest BCUT2D eigenvalue weighted by atomic mass is 9.88. The van der Waals surface area contributed by atoms with Gasteiger partial charge in [0.2, 0.25) is 0 Å². The van der Waals surface area contributed by atoms with Crippen LogP contribution in [0.3, 0.4) is 0 Å². The summed E-state index contributed by atoms with van der Waals surface area (Å²) in [6, 6.07) is 6.97. The highest BCUT2D eigenvalue weighted by Gasteiger charge is 2.31. The Bertz CT molecular complexity index is 521. The SMILES string of the molecule is CCC(C)(CNC(=O)N(C)Cc1ccccc1Cl)C(=O)O. The average Bonchev–Trinajstić information content (AvgIpc) is 2.46. The van der Waals surface area contributed by atoms with Gasteiger partial charge in [0, 0.05) is 25.2 Å². The van der Waals surface area contributed by atoms with E-state index in [0.717, 1.165) is 5.56 Å². The molecule has 21 heavy (non-hydrogen) atoms. The first kappa shape index (κ1) is 17.3. The second kappa shape index (κ2) is 7.31. The zero-order chi connectivity index (χ0) is 16.0. The maximum absolute atomic E-state index is 12.0. The Labute approximate surface area is 129 Å². The normalized spacial score (nSPS) is 13.3. The van der Waals surface area contributed by atoms with E-state index < -0.39 is 11.4 Å². The molecule has 6 heteroatoms. The van der Waals surface area contributed by atoms with Crippen molar-refractivity contribution in [3.8, 4) is 0 Å². The van der Waals surface area contributed by atoms with Gasteiger partial charge in [0.15, 0.2) is 0 Å². The molecule has 1 aromatic carbocycles. The van der Waals surface area contributed by atoms with Crippen LogP contribution >= 0.6 is 11.6 Å². The summed E-state index contributed by atoms with van der Waals surface area (Å²) in [5, 5.41) is 12.4. The number of carbonyl (C=O) groups is 2. The van der Waals surface area contributed by atoms with Crippen molar-refractivity contribution in [1.82, 2.24) is 10.2 Å². The molecule has 0 spiro atoms. The fourth-order valence-corrected chi connectivity index (χ4v) is 1.91. The Morgan fingerprint density at radius 1 is 1.38 bits per heavy atom. The number of rotatable bonds is 6. The number of carboxylic acids is 1. The lowest BCUT2D eigenvalue weighted by molar-refractivity contribution is -0.147. The molecule has 0 heterocycles. The molecule has 0 aliphatic carbocycles. The highest BCUT2D eigenvalue weighted by molar-refractivity contribution is 6.31. The number of benzene rings is 1. The van der Waals surface area contributed by atoms with Crippen molar-refractivity contribution in [3.05, 3.63) is 34.9 Å². The molecule has 1 unspecified atom stereocenters. The van der Waals surface area contributed by atoms with Gasteiger partial charge in [-0.05, 0) is 25.0 Å². The van der Waals surface area contributed by atoms with Gasteiger partial charge in [-0.25, -0.2) is 4.79 Å². The van der Waals surface area contributed by atoms with Gasteiger partial charge in [0.25, 0.3) is 0 Å². The third kappa shape index (κ3) is 4.63. The number of halogens is 1. The summed E-state index contributed by atoms with van der Waals surface area (Å²) in [6.45, 7) is 3.85. The van der Waals surface area contributed by atoms with E-state index in [1.54, 1.807) is 27.0 Å². The van der Waals surface area contributed by atoms with Crippen molar-refractivity contribution in [1.29, 1.82) is 0 Å². The van der Waals surface area contributed by atoms with Gasteiger partial charge in [0.1, 0.15) is 0 Å². The van der Waals surface area contributed by atoms with E-state index in [-0.39, 0.29) is 12.6 Å². The molecule has 0 aliphatic rings. The summed E-state index contributed by atoms with van der Waals surface area (Å²) in [4.78, 5) is 24.7. The predicted octanol–water partition coefficient (Wildman–Crippen LogP) is 2.98. The topological polar surface area (TPSA) is 69.6 Å². The smallest absolute Gasteiger partial charge is 0.317 e. The summed E-state index contributed by atoms with van der Waals surface area (Å²) in [5.41, 5.74) is -0.116. The van der Waals surface area contributed by atoms with Crippen molar-refractivity contribution < 1.29 is 14.7 Å². The maximum Gasteiger partial charge on any atom is 0.317 e. The van der Waals surface area contributed by atoms with E-state index in [4.69, 9.17) is 11.6 Å². The minimum Gasteiger partial charge on any atom is -0.481 e. The van der Waals surface area contributed by atoms with Crippen molar-refractivity contribution in [2.45, 2.75) is 26.8 Å². The quantitative estimate of drug-likeness (QED) is 0.848. The Morgan fingerprint density at radius 3 is 2.52 bits per heavy atom. The van der Waals surface area contributed by atoms with E-state index in [0.29, 0.717) is 18.0 Å². The van der Waals surface area contributed by atoms with Crippen LogP contribution in [0.25, 0.3) is 0 Å². The van der Waals surface area contributed by atoms with Gasteiger partial charge < -0.3 is 15.3 Å². The van der Waals surface area contributed by atoms with Crippen LogP contribution in [-0.4, -0.2) is 35.6 Å². The van der Waals surface area contributed by atoms with Crippen LogP contribution in [0.1, 0.15) is 25.8 Å². The molecule has 0 bridgehead atoms. The van der Waals surface area contributed by atoms with Crippen LogP contribution in [0.5, 0.6) is 0 Å². The van der Waals surface area contributed by atoms with Crippen molar-refractivity contribution in [2.24, 2.45) is 5.41 Å². The Kier molecular flexibility index (Phi) is 6.03. The first-order chi connectivity index (χ1) is 9.80. The minimum atomic E-state index is -0.957. The van der Waals surface area contributed by atoms with Crippen molar-refractivity contribution in [2.75, 3.05) is 13.6 Å². The summed E-state index contributed by atoms with van der Waals surface area (Å²) in [6.07, 6.45) is 0.441. The molecule has 116 valence electrons. The van der Waals surface area contributed by atoms with Gasteiger partial charge >= 0.3 is 12.0 Å². The number of hydrogen-bond acceptors (Lipinski definition) is 2. The van der Waals surface area contributed by atoms with Gasteiger partial charge in [-0.2, -0.15) is 0 Å². The highest BCUT2D eigenvalue weighted by Crippen LogP contribution is 2.20. The second-order valence-corrected chi connectivity index (χ2v) is 5.73. The van der Waals surface area contributed by atoms with E-state index in [1.807, 2.05) is 18.2 Å². The number of amides is 2. The summed E-state index contributed by atoms with van der Waals surface area (Å²) in [7, 11) is 1.64. The molecule has 0 aromatic heterocycles. The molecule has 2 amide bonds. The third-order valence-corrected chi connectivity index (χ3v) is 4.01. The molecule has 5 nitrogen and oxygen atoms in total. The van der Waals surface area contributed by atoms with Crippen LogP contribution in [0, 0.1) is 5.41 Å². The number of hydrogen-bond donors (Lipinski definition) is 2. The lowest BCUT2D eigenvalue weighted by Crippen LogP contribution is -2.45. The number of urea groups is 1. The molecule has 1 rings (SSSR count). The van der Waals surface area contributed by atoms with E-state index in [2.05, 4.69) is 5.32 Å². The number of nitrogens with one attached hydrogen (secondary N) is 1. The van der Waals surface area contributed by atoms with Gasteiger partial charge in [-0.1, -0.05) is 36.7 Å². The van der Waals surface area contributed by atoms with Gasteiger partial charge in [-0.15, -0.1) is 0 Å².